The molecule has 1 aliphatic rings. The molecular formula is C26H26N6O3. The highest BCUT2D eigenvalue weighted by atomic mass is 16.5. The number of ether oxygens (including phenoxy) is 2. The van der Waals surface area contributed by atoms with Crippen LogP contribution in [-0.4, -0.2) is 55.7 Å². The van der Waals surface area contributed by atoms with Crippen molar-refractivity contribution in [3.8, 4) is 23.1 Å². The lowest BCUT2D eigenvalue weighted by atomic mass is 9.96. The van der Waals surface area contributed by atoms with Gasteiger partial charge in [-0.1, -0.05) is 12.1 Å². The van der Waals surface area contributed by atoms with Gasteiger partial charge in [-0.2, -0.15) is 4.98 Å². The molecule has 1 aliphatic heterocycles. The Morgan fingerprint density at radius 1 is 1.00 bits per heavy atom. The van der Waals surface area contributed by atoms with Gasteiger partial charge in [0.1, 0.15) is 30.0 Å². The summed E-state index contributed by atoms with van der Waals surface area (Å²) in [4.78, 5) is 24.6. The van der Waals surface area contributed by atoms with Crippen molar-refractivity contribution >= 4 is 5.91 Å². The molecule has 0 unspecified atom stereocenters. The summed E-state index contributed by atoms with van der Waals surface area (Å²) >= 11 is 0. The van der Waals surface area contributed by atoms with Gasteiger partial charge in [-0.05, 0) is 50.1 Å². The number of methoxy groups -OCH3 is 1. The Hall–Kier alpha value is -4.27. The van der Waals surface area contributed by atoms with Crippen molar-refractivity contribution in [2.45, 2.75) is 25.7 Å². The zero-order chi connectivity index (χ0) is 24.2. The third-order valence-electron chi connectivity index (χ3n) is 6.00. The van der Waals surface area contributed by atoms with E-state index in [0.29, 0.717) is 41.9 Å². The molecule has 0 aliphatic carbocycles. The van der Waals surface area contributed by atoms with Crippen LogP contribution >= 0.6 is 0 Å². The van der Waals surface area contributed by atoms with Crippen LogP contribution in [0.25, 0.3) is 5.69 Å². The normalized spacial score (nSPS) is 15.6. The number of carbonyl (C=O) groups is 1. The molecule has 0 radical (unpaired) electrons. The molecule has 1 fully saturated rings. The first-order valence-corrected chi connectivity index (χ1v) is 11.5. The maximum absolute atomic E-state index is 13.3. The molecule has 1 saturated heterocycles. The SMILES string of the molecule is COc1cccc(Oc2cc(C)nc([C@@H]3CCCN(C(=O)c4cccc(-n5cnnc5)c4)C3)n2)c1. The van der Waals surface area contributed by atoms with Crippen molar-refractivity contribution < 1.29 is 14.3 Å². The smallest absolute Gasteiger partial charge is 0.253 e. The predicted octanol–water partition coefficient (Wildman–Crippen LogP) is 4.19. The maximum atomic E-state index is 13.3. The van der Waals surface area contributed by atoms with Gasteiger partial charge in [0.05, 0.1) is 7.11 Å². The Bertz CT molecular complexity index is 1320. The van der Waals surface area contributed by atoms with Crippen LogP contribution in [0.3, 0.4) is 0 Å². The first kappa shape index (κ1) is 22.5. The van der Waals surface area contributed by atoms with Crippen LogP contribution in [0.5, 0.6) is 17.4 Å². The monoisotopic (exact) mass is 470 g/mol. The lowest BCUT2D eigenvalue weighted by molar-refractivity contribution is 0.0704. The Morgan fingerprint density at radius 2 is 1.80 bits per heavy atom. The average Bonchev–Trinajstić information content (AvgIpc) is 3.43. The van der Waals surface area contributed by atoms with Crippen LogP contribution in [0.1, 0.15) is 40.6 Å². The van der Waals surface area contributed by atoms with E-state index < -0.39 is 0 Å². The molecule has 0 spiro atoms. The number of nitrogens with zero attached hydrogens (tertiary/aromatic N) is 6. The summed E-state index contributed by atoms with van der Waals surface area (Å²) in [6, 6.07) is 16.7. The molecule has 9 nitrogen and oxygen atoms in total. The van der Waals surface area contributed by atoms with Gasteiger partial charge < -0.3 is 14.4 Å². The summed E-state index contributed by atoms with van der Waals surface area (Å²) in [5.41, 5.74) is 2.29. The summed E-state index contributed by atoms with van der Waals surface area (Å²) in [6.45, 7) is 3.18. The van der Waals surface area contributed by atoms with E-state index in [-0.39, 0.29) is 11.8 Å². The maximum Gasteiger partial charge on any atom is 0.253 e. The molecule has 0 bridgehead atoms. The highest BCUT2D eigenvalue weighted by molar-refractivity contribution is 5.94. The summed E-state index contributed by atoms with van der Waals surface area (Å²) in [7, 11) is 1.62. The zero-order valence-electron chi connectivity index (χ0n) is 19.7. The summed E-state index contributed by atoms with van der Waals surface area (Å²) in [5, 5.41) is 7.69. The Balaban J connectivity index is 1.33. The van der Waals surface area contributed by atoms with Crippen LogP contribution < -0.4 is 9.47 Å². The fourth-order valence-corrected chi connectivity index (χ4v) is 4.27. The van der Waals surface area contributed by atoms with Gasteiger partial charge in [0.25, 0.3) is 5.91 Å². The molecular weight excluding hydrogens is 444 g/mol. The van der Waals surface area contributed by atoms with Gasteiger partial charge in [0, 0.05) is 48.1 Å². The quantitative estimate of drug-likeness (QED) is 0.417. The Kier molecular flexibility index (Phi) is 6.38. The minimum absolute atomic E-state index is 0.00914. The highest BCUT2D eigenvalue weighted by Gasteiger charge is 2.28. The average molecular weight is 471 g/mol. The van der Waals surface area contributed by atoms with E-state index in [4.69, 9.17) is 14.5 Å². The van der Waals surface area contributed by atoms with E-state index in [1.54, 1.807) is 24.3 Å². The molecule has 0 saturated carbocycles. The van der Waals surface area contributed by atoms with E-state index in [9.17, 15) is 4.79 Å². The largest absolute Gasteiger partial charge is 0.497 e. The van der Waals surface area contributed by atoms with Gasteiger partial charge in [0.2, 0.25) is 5.88 Å². The molecule has 0 N–H and O–H groups in total. The predicted molar refractivity (Wildman–Crippen MR) is 129 cm³/mol. The molecule has 1 amide bonds. The highest BCUT2D eigenvalue weighted by Crippen LogP contribution is 2.29. The summed E-state index contributed by atoms with van der Waals surface area (Å²) < 4.78 is 13.1. The second-order valence-electron chi connectivity index (χ2n) is 8.50. The van der Waals surface area contributed by atoms with E-state index in [0.717, 1.165) is 24.2 Å². The zero-order valence-corrected chi connectivity index (χ0v) is 19.7. The molecule has 5 rings (SSSR count). The Morgan fingerprint density at radius 3 is 2.63 bits per heavy atom. The van der Waals surface area contributed by atoms with Gasteiger partial charge in [0.15, 0.2) is 0 Å². The van der Waals surface area contributed by atoms with Gasteiger partial charge in [-0.3, -0.25) is 9.36 Å². The number of likely N-dealkylation sites (tertiary alicyclic amines) is 1. The van der Waals surface area contributed by atoms with Crippen LogP contribution in [0, 0.1) is 6.92 Å². The first-order chi connectivity index (χ1) is 17.1. The molecule has 35 heavy (non-hydrogen) atoms. The number of carbonyl (C=O) groups excluding carboxylic acids is 1. The third-order valence-corrected chi connectivity index (χ3v) is 6.00. The van der Waals surface area contributed by atoms with Crippen LogP contribution in [0.4, 0.5) is 0 Å². The fourth-order valence-electron chi connectivity index (χ4n) is 4.27. The second kappa shape index (κ2) is 9.92. The minimum atomic E-state index is -0.00914. The molecule has 9 heteroatoms. The topological polar surface area (TPSA) is 95.3 Å². The summed E-state index contributed by atoms with van der Waals surface area (Å²) in [5.74, 6) is 2.54. The van der Waals surface area contributed by atoms with Crippen molar-refractivity contribution in [1.82, 2.24) is 29.6 Å². The first-order valence-electron chi connectivity index (χ1n) is 11.5. The molecule has 3 heterocycles. The molecule has 1 atom stereocenters. The van der Waals surface area contributed by atoms with Crippen LogP contribution in [0.2, 0.25) is 0 Å². The lowest BCUT2D eigenvalue weighted by Crippen LogP contribution is -2.39. The molecule has 178 valence electrons. The van der Waals surface area contributed by atoms with Crippen molar-refractivity contribution in [3.63, 3.8) is 0 Å². The van der Waals surface area contributed by atoms with E-state index >= 15 is 0 Å². The lowest BCUT2D eigenvalue weighted by Gasteiger charge is -2.32. The number of piperidine rings is 1. The van der Waals surface area contributed by atoms with Crippen LogP contribution in [0.15, 0.2) is 67.3 Å². The van der Waals surface area contributed by atoms with E-state index in [1.807, 2.05) is 66.4 Å². The minimum Gasteiger partial charge on any atom is -0.497 e. The van der Waals surface area contributed by atoms with Gasteiger partial charge in [-0.25, -0.2) is 4.98 Å². The third kappa shape index (κ3) is 5.13. The Labute approximate surface area is 203 Å². The van der Waals surface area contributed by atoms with Crippen molar-refractivity contribution in [1.29, 1.82) is 0 Å². The molecule has 2 aromatic carbocycles. The van der Waals surface area contributed by atoms with Gasteiger partial charge >= 0.3 is 0 Å². The summed E-state index contributed by atoms with van der Waals surface area (Å²) in [6.07, 6.45) is 5.01. The van der Waals surface area contributed by atoms with E-state index in [1.165, 1.54) is 0 Å². The second-order valence-corrected chi connectivity index (χ2v) is 8.50. The van der Waals surface area contributed by atoms with Gasteiger partial charge in [-0.15, -0.1) is 10.2 Å². The van der Waals surface area contributed by atoms with Crippen molar-refractivity contribution in [2.24, 2.45) is 0 Å². The van der Waals surface area contributed by atoms with Crippen molar-refractivity contribution in [3.05, 3.63) is 84.3 Å². The number of aromatic nitrogens is 5. The van der Waals surface area contributed by atoms with E-state index in [2.05, 4.69) is 15.2 Å². The number of aryl methyl sites for hydroxylation is 1. The van der Waals surface area contributed by atoms with Crippen LogP contribution in [-0.2, 0) is 0 Å². The number of amides is 1. The number of rotatable bonds is 6. The molecule has 4 aromatic rings. The standard InChI is InChI=1S/C26H26N6O3/c1-18-12-24(35-23-10-4-9-22(14-23)34-2)30-25(29-18)20-7-5-11-31(15-20)26(33)19-6-3-8-21(13-19)32-16-27-28-17-32/h3-4,6,8-10,12-14,16-17,20H,5,7,11,15H2,1-2H3/t20-/m1/s1. The van der Waals surface area contributed by atoms with Crippen molar-refractivity contribution in [2.75, 3.05) is 20.2 Å². The number of hydrogen-bond acceptors (Lipinski definition) is 7. The number of hydrogen-bond donors (Lipinski definition) is 0. The molecule has 2 aromatic heterocycles. The fraction of sp³-hybridized carbons (Fsp3) is 0.269. The number of benzene rings is 2.